The van der Waals surface area contributed by atoms with E-state index < -0.39 is 5.97 Å². The molecule has 0 aromatic carbocycles. The van der Waals surface area contributed by atoms with Crippen LogP contribution in [-0.2, 0) is 9.59 Å². The number of nitrogens with zero attached hydrogens (tertiary/aromatic N) is 1. The summed E-state index contributed by atoms with van der Waals surface area (Å²) in [5, 5.41) is 8.31. The second-order valence-electron chi connectivity index (χ2n) is 2.14. The molecule has 0 bridgehead atoms. The van der Waals surface area contributed by atoms with Crippen LogP contribution in [-0.4, -0.2) is 28.4 Å². The van der Waals surface area contributed by atoms with Gasteiger partial charge < -0.3 is 10.0 Å². The second kappa shape index (κ2) is 5.77. The van der Waals surface area contributed by atoms with Crippen molar-refractivity contribution in [2.24, 2.45) is 0 Å². The first-order valence-electron chi connectivity index (χ1n) is 3.57. The monoisotopic (exact) mass is 181 g/mol. The van der Waals surface area contributed by atoms with Gasteiger partial charge in [-0.3, -0.25) is 4.79 Å². The van der Waals surface area contributed by atoms with Gasteiger partial charge in [0.15, 0.2) is 0 Å². The first-order valence-corrected chi connectivity index (χ1v) is 3.57. The molecule has 0 aromatic rings. The summed E-state index contributed by atoms with van der Waals surface area (Å²) in [6.07, 6.45) is 4.65. The lowest BCUT2D eigenvalue weighted by atomic mass is 10.4. The molecule has 0 unspecified atom stereocenters. The summed E-state index contributed by atoms with van der Waals surface area (Å²) >= 11 is 0. The van der Waals surface area contributed by atoms with Gasteiger partial charge in [0, 0.05) is 18.8 Å². The lowest BCUT2D eigenvalue weighted by molar-refractivity contribution is -0.131. The minimum absolute atomic E-state index is 0.259. The van der Waals surface area contributed by atoms with E-state index in [0.29, 0.717) is 0 Å². The van der Waals surface area contributed by atoms with E-state index in [1.807, 2.05) is 0 Å². The molecule has 0 aliphatic carbocycles. The topological polar surface area (TPSA) is 57.6 Å². The molecule has 0 aliphatic rings. The molecule has 13 heavy (non-hydrogen) atoms. The Bertz CT molecular complexity index is 256. The Balaban J connectivity index is 4.41. The third-order valence-corrected chi connectivity index (χ3v) is 1.18. The first-order chi connectivity index (χ1) is 6.11. The molecule has 0 fully saturated rings. The van der Waals surface area contributed by atoms with E-state index in [2.05, 4.69) is 13.2 Å². The fourth-order valence-corrected chi connectivity index (χ4v) is 0.634. The zero-order valence-electron chi connectivity index (χ0n) is 7.14. The summed E-state index contributed by atoms with van der Waals surface area (Å²) in [5.41, 5.74) is 0. The van der Waals surface area contributed by atoms with Gasteiger partial charge in [-0.15, -0.1) is 6.58 Å². The van der Waals surface area contributed by atoms with Crippen molar-refractivity contribution in [1.29, 1.82) is 0 Å². The number of aliphatic carboxylic acids is 1. The normalized spacial score (nSPS) is 9.54. The molecule has 4 heteroatoms. The van der Waals surface area contributed by atoms with Crippen LogP contribution in [0.1, 0.15) is 0 Å². The molecule has 0 spiro atoms. The zero-order valence-corrected chi connectivity index (χ0v) is 7.14. The minimum atomic E-state index is -1.11. The third-order valence-electron chi connectivity index (χ3n) is 1.18. The highest BCUT2D eigenvalue weighted by Gasteiger charge is 2.03. The summed E-state index contributed by atoms with van der Waals surface area (Å²) in [4.78, 5) is 22.4. The molecule has 0 atom stereocenters. The molecule has 0 aromatic heterocycles. The van der Waals surface area contributed by atoms with Gasteiger partial charge in [-0.25, -0.2) is 4.79 Å². The van der Waals surface area contributed by atoms with Crippen LogP contribution < -0.4 is 0 Å². The van der Waals surface area contributed by atoms with Crippen molar-refractivity contribution in [2.45, 2.75) is 0 Å². The molecule has 70 valence electrons. The number of hydrogen-bond donors (Lipinski definition) is 1. The highest BCUT2D eigenvalue weighted by Crippen LogP contribution is 1.93. The van der Waals surface area contributed by atoms with Gasteiger partial charge in [0.25, 0.3) is 0 Å². The van der Waals surface area contributed by atoms with Gasteiger partial charge in [0.05, 0.1) is 0 Å². The summed E-state index contributed by atoms with van der Waals surface area (Å²) in [6, 6.07) is 0. The van der Waals surface area contributed by atoms with Gasteiger partial charge in [-0.1, -0.05) is 12.7 Å². The van der Waals surface area contributed by atoms with E-state index in [-0.39, 0.29) is 12.5 Å². The number of amides is 1. The maximum Gasteiger partial charge on any atom is 0.329 e. The van der Waals surface area contributed by atoms with E-state index in [1.54, 1.807) is 0 Å². The van der Waals surface area contributed by atoms with Crippen molar-refractivity contribution in [2.75, 3.05) is 6.54 Å². The Morgan fingerprint density at radius 1 is 1.38 bits per heavy atom. The van der Waals surface area contributed by atoms with Gasteiger partial charge in [-0.05, 0) is 6.08 Å². The van der Waals surface area contributed by atoms with Crippen LogP contribution in [0.5, 0.6) is 0 Å². The van der Waals surface area contributed by atoms with Crippen LogP contribution in [0, 0.1) is 0 Å². The molecular formula is C9H11NO3. The highest BCUT2D eigenvalue weighted by atomic mass is 16.4. The predicted octanol–water partition coefficient (Wildman–Crippen LogP) is 0.785. The summed E-state index contributed by atoms with van der Waals surface area (Å²) in [7, 11) is 0. The Labute approximate surface area is 76.5 Å². The van der Waals surface area contributed by atoms with Crippen molar-refractivity contribution in [3.63, 3.8) is 0 Å². The van der Waals surface area contributed by atoms with Crippen LogP contribution in [0.4, 0.5) is 0 Å². The minimum Gasteiger partial charge on any atom is -0.478 e. The number of rotatable bonds is 5. The maximum absolute atomic E-state index is 11.0. The second-order valence-corrected chi connectivity index (χ2v) is 2.14. The van der Waals surface area contributed by atoms with E-state index >= 15 is 0 Å². The molecule has 1 amide bonds. The Morgan fingerprint density at radius 2 is 2.00 bits per heavy atom. The fourth-order valence-electron chi connectivity index (χ4n) is 0.634. The first kappa shape index (κ1) is 11.2. The third kappa shape index (κ3) is 4.58. The number of carbonyl (C=O) groups is 2. The molecular weight excluding hydrogens is 170 g/mol. The lowest BCUT2D eigenvalue weighted by Crippen LogP contribution is -2.23. The van der Waals surface area contributed by atoms with Crippen LogP contribution in [0.15, 0.2) is 37.6 Å². The molecule has 0 saturated carbocycles. The molecule has 1 N–H and O–H groups in total. The SMILES string of the molecule is C=CCN(C=CC(=O)O)C(=O)C=C. The van der Waals surface area contributed by atoms with Crippen molar-refractivity contribution >= 4 is 11.9 Å². The molecule has 0 aliphatic heterocycles. The van der Waals surface area contributed by atoms with Gasteiger partial charge >= 0.3 is 5.97 Å². The zero-order chi connectivity index (χ0) is 10.3. The van der Waals surface area contributed by atoms with E-state index in [0.717, 1.165) is 12.2 Å². The van der Waals surface area contributed by atoms with Gasteiger partial charge in [0.1, 0.15) is 0 Å². The Hall–Kier alpha value is -1.84. The molecule has 4 nitrogen and oxygen atoms in total. The Kier molecular flexibility index (Phi) is 4.95. The van der Waals surface area contributed by atoms with Crippen molar-refractivity contribution in [3.05, 3.63) is 37.6 Å². The van der Waals surface area contributed by atoms with Gasteiger partial charge in [-0.2, -0.15) is 0 Å². The van der Waals surface area contributed by atoms with Crippen molar-refractivity contribution in [3.8, 4) is 0 Å². The predicted molar refractivity (Wildman–Crippen MR) is 48.9 cm³/mol. The summed E-state index contributed by atoms with van der Waals surface area (Å²) < 4.78 is 0. The number of carboxylic acid groups (broad SMARTS) is 1. The van der Waals surface area contributed by atoms with Crippen LogP contribution in [0.2, 0.25) is 0 Å². The Morgan fingerprint density at radius 3 is 2.38 bits per heavy atom. The lowest BCUT2D eigenvalue weighted by Gasteiger charge is -2.12. The van der Waals surface area contributed by atoms with Crippen molar-refractivity contribution < 1.29 is 14.7 Å². The fraction of sp³-hybridized carbons (Fsp3) is 0.111. The summed E-state index contributed by atoms with van der Waals surface area (Å²) in [5.74, 6) is -1.47. The van der Waals surface area contributed by atoms with Crippen LogP contribution in [0.3, 0.4) is 0 Å². The van der Waals surface area contributed by atoms with Crippen molar-refractivity contribution in [1.82, 2.24) is 4.90 Å². The standard InChI is InChI=1S/C9H11NO3/c1-3-6-10(8(11)4-2)7-5-9(12)13/h3-5,7H,1-2,6H2,(H,12,13). The molecule has 0 heterocycles. The smallest absolute Gasteiger partial charge is 0.329 e. The average Bonchev–Trinajstić information content (AvgIpc) is 2.10. The number of carbonyl (C=O) groups excluding carboxylic acids is 1. The van der Waals surface area contributed by atoms with Crippen LogP contribution in [0.25, 0.3) is 0 Å². The van der Waals surface area contributed by atoms with E-state index in [4.69, 9.17) is 5.11 Å². The summed E-state index contributed by atoms with van der Waals surface area (Å²) in [6.45, 7) is 6.98. The molecule has 0 saturated heterocycles. The molecule has 0 rings (SSSR count). The number of hydrogen-bond acceptors (Lipinski definition) is 2. The highest BCUT2D eigenvalue weighted by molar-refractivity contribution is 5.89. The molecule has 0 radical (unpaired) electrons. The van der Waals surface area contributed by atoms with E-state index in [9.17, 15) is 9.59 Å². The largest absolute Gasteiger partial charge is 0.478 e. The number of carboxylic acids is 1. The average molecular weight is 181 g/mol. The maximum atomic E-state index is 11.0. The van der Waals surface area contributed by atoms with Gasteiger partial charge in [0.2, 0.25) is 5.91 Å². The van der Waals surface area contributed by atoms with Crippen LogP contribution >= 0.6 is 0 Å². The van der Waals surface area contributed by atoms with E-state index in [1.165, 1.54) is 17.2 Å². The quantitative estimate of drug-likeness (QED) is 0.503.